The van der Waals surface area contributed by atoms with Gasteiger partial charge in [0, 0.05) is 6.54 Å². The summed E-state index contributed by atoms with van der Waals surface area (Å²) in [5, 5.41) is 13.0. The van der Waals surface area contributed by atoms with Gasteiger partial charge in [-0.3, -0.25) is 4.79 Å². The van der Waals surface area contributed by atoms with Gasteiger partial charge in [-0.05, 0) is 37.1 Å². The van der Waals surface area contributed by atoms with Gasteiger partial charge in [0.1, 0.15) is 5.75 Å². The maximum Gasteiger partial charge on any atom is 0.255 e. The highest BCUT2D eigenvalue weighted by Gasteiger charge is 2.15. The van der Waals surface area contributed by atoms with Gasteiger partial charge in [0.05, 0.1) is 18.3 Å². The first-order valence-electron chi connectivity index (χ1n) is 7.37. The Morgan fingerprint density at radius 1 is 1.18 bits per heavy atom. The van der Waals surface area contributed by atoms with Crippen molar-refractivity contribution in [3.8, 4) is 5.75 Å². The number of hydrogen-bond acceptors (Lipinski definition) is 3. The second-order valence-corrected chi connectivity index (χ2v) is 5.01. The smallest absolute Gasteiger partial charge is 0.255 e. The van der Waals surface area contributed by atoms with Crippen LogP contribution in [0.4, 0.5) is 0 Å². The topological polar surface area (TPSA) is 58.6 Å². The van der Waals surface area contributed by atoms with Gasteiger partial charge in [0.2, 0.25) is 0 Å². The Morgan fingerprint density at radius 3 is 2.59 bits per heavy atom. The lowest BCUT2D eigenvalue weighted by Crippen LogP contribution is -2.29. The first-order valence-corrected chi connectivity index (χ1v) is 7.37. The molecule has 22 heavy (non-hydrogen) atoms. The SMILES string of the molecule is CCOc1ccccc1C(=O)NC[C@@H](O)c1ccccc1C. The number of hydrogen-bond donors (Lipinski definition) is 2. The number of aryl methyl sites for hydroxylation is 1. The first-order chi connectivity index (χ1) is 10.6. The van der Waals surface area contributed by atoms with Crippen molar-refractivity contribution in [2.45, 2.75) is 20.0 Å². The molecule has 2 aromatic carbocycles. The third-order valence-electron chi connectivity index (χ3n) is 3.43. The molecule has 0 heterocycles. The van der Waals surface area contributed by atoms with E-state index in [0.29, 0.717) is 17.9 Å². The van der Waals surface area contributed by atoms with Crippen LogP contribution >= 0.6 is 0 Å². The number of amides is 1. The van der Waals surface area contributed by atoms with Gasteiger partial charge in [0.15, 0.2) is 0 Å². The van der Waals surface area contributed by atoms with Crippen LogP contribution in [-0.2, 0) is 0 Å². The van der Waals surface area contributed by atoms with Crippen LogP contribution in [-0.4, -0.2) is 24.2 Å². The van der Waals surface area contributed by atoms with Crippen LogP contribution in [0.25, 0.3) is 0 Å². The number of carbonyl (C=O) groups is 1. The van der Waals surface area contributed by atoms with E-state index in [4.69, 9.17) is 4.74 Å². The third kappa shape index (κ3) is 3.86. The minimum atomic E-state index is -0.732. The van der Waals surface area contributed by atoms with Crippen LogP contribution in [0, 0.1) is 6.92 Å². The predicted octanol–water partition coefficient (Wildman–Crippen LogP) is 2.86. The Hall–Kier alpha value is -2.33. The molecular formula is C18H21NO3. The highest BCUT2D eigenvalue weighted by atomic mass is 16.5. The average molecular weight is 299 g/mol. The maximum absolute atomic E-state index is 12.3. The molecule has 0 aromatic heterocycles. The van der Waals surface area contributed by atoms with Gasteiger partial charge in [-0.2, -0.15) is 0 Å². The molecule has 4 heteroatoms. The number of nitrogens with one attached hydrogen (secondary N) is 1. The monoisotopic (exact) mass is 299 g/mol. The fraction of sp³-hybridized carbons (Fsp3) is 0.278. The van der Waals surface area contributed by atoms with Crippen molar-refractivity contribution in [1.82, 2.24) is 5.32 Å². The molecule has 2 N–H and O–H groups in total. The van der Waals surface area contributed by atoms with Crippen molar-refractivity contribution < 1.29 is 14.6 Å². The van der Waals surface area contributed by atoms with Crippen molar-refractivity contribution in [3.05, 3.63) is 65.2 Å². The second kappa shape index (κ2) is 7.61. The Balaban J connectivity index is 2.03. The summed E-state index contributed by atoms with van der Waals surface area (Å²) in [4.78, 5) is 12.3. The molecule has 4 nitrogen and oxygen atoms in total. The van der Waals surface area contributed by atoms with E-state index >= 15 is 0 Å². The predicted molar refractivity (Wildman–Crippen MR) is 86.1 cm³/mol. The van der Waals surface area contributed by atoms with Gasteiger partial charge in [0.25, 0.3) is 5.91 Å². The minimum absolute atomic E-state index is 0.157. The number of para-hydroxylation sites is 1. The average Bonchev–Trinajstić information content (AvgIpc) is 2.53. The summed E-state index contributed by atoms with van der Waals surface area (Å²) >= 11 is 0. The molecule has 0 radical (unpaired) electrons. The maximum atomic E-state index is 12.3. The molecule has 0 unspecified atom stereocenters. The van der Waals surface area contributed by atoms with E-state index in [1.807, 2.05) is 44.2 Å². The van der Waals surface area contributed by atoms with Crippen LogP contribution in [0.5, 0.6) is 5.75 Å². The largest absolute Gasteiger partial charge is 0.493 e. The summed E-state index contributed by atoms with van der Waals surface area (Å²) in [6, 6.07) is 14.7. The van der Waals surface area contributed by atoms with Crippen molar-refractivity contribution >= 4 is 5.91 Å². The van der Waals surface area contributed by atoms with E-state index in [1.54, 1.807) is 18.2 Å². The highest BCUT2D eigenvalue weighted by Crippen LogP contribution is 2.19. The van der Waals surface area contributed by atoms with E-state index < -0.39 is 6.10 Å². The number of ether oxygens (including phenoxy) is 1. The Morgan fingerprint density at radius 2 is 1.86 bits per heavy atom. The normalized spacial score (nSPS) is 11.8. The highest BCUT2D eigenvalue weighted by molar-refractivity contribution is 5.96. The molecule has 0 aliphatic rings. The summed E-state index contributed by atoms with van der Waals surface area (Å²) in [5.41, 5.74) is 2.29. The van der Waals surface area contributed by atoms with Crippen molar-refractivity contribution in [2.75, 3.05) is 13.2 Å². The first kappa shape index (κ1) is 16.0. The molecule has 1 amide bonds. The molecule has 0 fully saturated rings. The molecule has 1 atom stereocenters. The Kier molecular flexibility index (Phi) is 5.55. The van der Waals surface area contributed by atoms with E-state index in [0.717, 1.165) is 11.1 Å². The zero-order valence-electron chi connectivity index (χ0n) is 12.9. The van der Waals surface area contributed by atoms with Crippen molar-refractivity contribution in [1.29, 1.82) is 0 Å². The fourth-order valence-corrected chi connectivity index (χ4v) is 2.29. The number of benzene rings is 2. The van der Waals surface area contributed by atoms with Gasteiger partial charge in [-0.15, -0.1) is 0 Å². The molecule has 2 aromatic rings. The molecule has 0 aliphatic heterocycles. The van der Waals surface area contributed by atoms with Crippen molar-refractivity contribution in [2.24, 2.45) is 0 Å². The lowest BCUT2D eigenvalue weighted by Gasteiger charge is -2.15. The van der Waals surface area contributed by atoms with E-state index in [2.05, 4.69) is 5.32 Å². The molecule has 116 valence electrons. The summed E-state index contributed by atoms with van der Waals surface area (Å²) in [6.07, 6.45) is -0.732. The third-order valence-corrected chi connectivity index (χ3v) is 3.43. The van der Waals surface area contributed by atoms with Crippen LogP contribution < -0.4 is 10.1 Å². The molecule has 2 rings (SSSR count). The lowest BCUT2D eigenvalue weighted by molar-refractivity contribution is 0.0912. The summed E-state index contributed by atoms with van der Waals surface area (Å²) in [7, 11) is 0. The lowest BCUT2D eigenvalue weighted by atomic mass is 10.0. The standard InChI is InChI=1S/C18H21NO3/c1-3-22-17-11-7-6-10-15(17)18(21)19-12-16(20)14-9-5-4-8-13(14)2/h4-11,16,20H,3,12H2,1-2H3,(H,19,21)/t16-/m1/s1. The second-order valence-electron chi connectivity index (χ2n) is 5.01. The summed E-state index contributed by atoms with van der Waals surface area (Å²) in [5.74, 6) is 0.296. The number of aliphatic hydroxyl groups is 1. The van der Waals surface area contributed by atoms with E-state index in [1.165, 1.54) is 0 Å². The molecule has 0 saturated heterocycles. The van der Waals surface area contributed by atoms with Gasteiger partial charge < -0.3 is 15.2 Å². The quantitative estimate of drug-likeness (QED) is 0.862. The number of rotatable bonds is 6. The zero-order valence-corrected chi connectivity index (χ0v) is 12.9. The number of aliphatic hydroxyl groups excluding tert-OH is 1. The van der Waals surface area contributed by atoms with Crippen LogP contribution in [0.1, 0.15) is 34.5 Å². The Labute approximate surface area is 130 Å². The van der Waals surface area contributed by atoms with Crippen LogP contribution in [0.2, 0.25) is 0 Å². The molecule has 0 spiro atoms. The molecule has 0 saturated carbocycles. The van der Waals surface area contributed by atoms with Gasteiger partial charge in [-0.1, -0.05) is 36.4 Å². The molecule has 0 aliphatic carbocycles. The van der Waals surface area contributed by atoms with Gasteiger partial charge >= 0.3 is 0 Å². The van der Waals surface area contributed by atoms with Crippen molar-refractivity contribution in [3.63, 3.8) is 0 Å². The molecule has 0 bridgehead atoms. The van der Waals surface area contributed by atoms with Gasteiger partial charge in [-0.25, -0.2) is 0 Å². The Bertz CT molecular complexity index is 640. The van der Waals surface area contributed by atoms with E-state index in [-0.39, 0.29) is 12.5 Å². The van der Waals surface area contributed by atoms with E-state index in [9.17, 15) is 9.90 Å². The van der Waals surface area contributed by atoms with Crippen LogP contribution in [0.3, 0.4) is 0 Å². The number of carbonyl (C=O) groups excluding carboxylic acids is 1. The van der Waals surface area contributed by atoms with Crippen LogP contribution in [0.15, 0.2) is 48.5 Å². The summed E-state index contributed by atoms with van der Waals surface area (Å²) < 4.78 is 5.45. The summed E-state index contributed by atoms with van der Waals surface area (Å²) in [6.45, 7) is 4.46. The zero-order chi connectivity index (χ0) is 15.9. The minimum Gasteiger partial charge on any atom is -0.493 e. The fourth-order valence-electron chi connectivity index (χ4n) is 2.29. The molecular weight excluding hydrogens is 278 g/mol.